The van der Waals surface area contributed by atoms with Crippen LogP contribution in [-0.4, -0.2) is 6.54 Å². The molecule has 0 saturated carbocycles. The number of benzene rings is 1. The van der Waals surface area contributed by atoms with Crippen LogP contribution in [0.2, 0.25) is 0 Å². The van der Waals surface area contributed by atoms with Crippen LogP contribution in [0.3, 0.4) is 0 Å². The van der Waals surface area contributed by atoms with Crippen LogP contribution in [0, 0.1) is 29.3 Å². The molecule has 0 unspecified atom stereocenters. The van der Waals surface area contributed by atoms with Crippen LogP contribution in [0.1, 0.15) is 13.3 Å². The summed E-state index contributed by atoms with van der Waals surface area (Å²) < 4.78 is 38.3. The van der Waals surface area contributed by atoms with Crippen LogP contribution >= 0.6 is 0 Å². The minimum Gasteiger partial charge on any atom is -0.382 e. The van der Waals surface area contributed by atoms with E-state index in [4.69, 9.17) is 0 Å². The Labute approximate surface area is 86.3 Å². The first-order chi connectivity index (χ1) is 7.15. The molecule has 80 valence electrons. The van der Waals surface area contributed by atoms with Crippen molar-refractivity contribution in [1.29, 1.82) is 0 Å². The van der Waals surface area contributed by atoms with Gasteiger partial charge in [-0.25, -0.2) is 13.2 Å². The van der Waals surface area contributed by atoms with E-state index >= 15 is 0 Å². The highest BCUT2D eigenvalue weighted by Gasteiger charge is 2.08. The molecule has 0 heterocycles. The molecule has 1 rings (SSSR count). The van der Waals surface area contributed by atoms with Crippen LogP contribution in [0.15, 0.2) is 12.1 Å². The summed E-state index contributed by atoms with van der Waals surface area (Å²) in [4.78, 5) is 0. The van der Waals surface area contributed by atoms with Crippen LogP contribution < -0.4 is 5.32 Å². The Balaban J connectivity index is 2.67. The Morgan fingerprint density at radius 3 is 2.47 bits per heavy atom. The molecule has 0 amide bonds. The molecule has 4 heteroatoms. The maximum Gasteiger partial charge on any atom is 0.161 e. The lowest BCUT2D eigenvalue weighted by molar-refractivity contribution is 0.496. The van der Waals surface area contributed by atoms with E-state index < -0.39 is 17.5 Å². The van der Waals surface area contributed by atoms with Gasteiger partial charge in [-0.15, -0.1) is 11.8 Å². The van der Waals surface area contributed by atoms with Gasteiger partial charge in [0.15, 0.2) is 11.6 Å². The summed E-state index contributed by atoms with van der Waals surface area (Å²) in [6, 6.07) is 1.31. The van der Waals surface area contributed by atoms with E-state index in [2.05, 4.69) is 17.2 Å². The van der Waals surface area contributed by atoms with Crippen molar-refractivity contribution in [3.63, 3.8) is 0 Å². The second kappa shape index (κ2) is 5.30. The lowest BCUT2D eigenvalue weighted by atomic mass is 10.2. The zero-order valence-corrected chi connectivity index (χ0v) is 8.20. The number of anilines is 1. The standard InChI is InChI=1S/C11H10F3N/c1-2-3-4-5-15-11-7-9(13)8(12)6-10(11)14/h6-7,15H,4-5H2,1H3. The maximum absolute atomic E-state index is 13.0. The zero-order chi connectivity index (χ0) is 11.3. The van der Waals surface area contributed by atoms with Gasteiger partial charge in [0.1, 0.15) is 5.82 Å². The molecule has 0 spiro atoms. The Hall–Kier alpha value is -1.63. The first-order valence-electron chi connectivity index (χ1n) is 4.43. The van der Waals surface area contributed by atoms with E-state index in [-0.39, 0.29) is 5.69 Å². The molecule has 0 aliphatic heterocycles. The lowest BCUT2D eigenvalue weighted by Gasteiger charge is -2.05. The third-order valence-electron chi connectivity index (χ3n) is 1.75. The number of nitrogens with one attached hydrogen (secondary N) is 1. The molecule has 1 aromatic rings. The van der Waals surface area contributed by atoms with Gasteiger partial charge in [-0.05, 0) is 6.92 Å². The zero-order valence-electron chi connectivity index (χ0n) is 8.20. The molecule has 0 aliphatic rings. The molecule has 1 aromatic carbocycles. The fourth-order valence-electron chi connectivity index (χ4n) is 1.04. The van der Waals surface area contributed by atoms with Crippen molar-refractivity contribution in [2.75, 3.05) is 11.9 Å². The lowest BCUT2D eigenvalue weighted by Crippen LogP contribution is -2.03. The summed E-state index contributed by atoms with van der Waals surface area (Å²) in [5, 5.41) is 2.63. The predicted octanol–water partition coefficient (Wildman–Crippen LogP) is 2.93. The van der Waals surface area contributed by atoms with Crippen molar-refractivity contribution in [2.45, 2.75) is 13.3 Å². The van der Waals surface area contributed by atoms with Crippen molar-refractivity contribution >= 4 is 5.69 Å². The van der Waals surface area contributed by atoms with Crippen LogP contribution in [0.25, 0.3) is 0 Å². The van der Waals surface area contributed by atoms with Gasteiger partial charge >= 0.3 is 0 Å². The Bertz CT molecular complexity index is 404. The fourth-order valence-corrected chi connectivity index (χ4v) is 1.04. The minimum atomic E-state index is -1.19. The largest absolute Gasteiger partial charge is 0.382 e. The van der Waals surface area contributed by atoms with Crippen LogP contribution in [-0.2, 0) is 0 Å². The SMILES string of the molecule is CC#CCCNc1cc(F)c(F)cc1F. The van der Waals surface area contributed by atoms with Crippen molar-refractivity contribution in [1.82, 2.24) is 0 Å². The molecular formula is C11H10F3N. The van der Waals surface area contributed by atoms with E-state index in [1.54, 1.807) is 6.92 Å². The van der Waals surface area contributed by atoms with Gasteiger partial charge in [0.25, 0.3) is 0 Å². The van der Waals surface area contributed by atoms with Crippen LogP contribution in [0.4, 0.5) is 18.9 Å². The van der Waals surface area contributed by atoms with Crippen molar-refractivity contribution in [3.05, 3.63) is 29.6 Å². The fraction of sp³-hybridized carbons (Fsp3) is 0.273. The third kappa shape index (κ3) is 3.21. The Morgan fingerprint density at radius 2 is 1.80 bits per heavy atom. The van der Waals surface area contributed by atoms with Crippen molar-refractivity contribution < 1.29 is 13.2 Å². The minimum absolute atomic E-state index is 0.0493. The van der Waals surface area contributed by atoms with E-state index in [0.29, 0.717) is 19.0 Å². The van der Waals surface area contributed by atoms with E-state index in [0.717, 1.165) is 6.07 Å². The summed E-state index contributed by atoms with van der Waals surface area (Å²) in [5.41, 5.74) is -0.0493. The number of hydrogen-bond donors (Lipinski definition) is 1. The van der Waals surface area contributed by atoms with Gasteiger partial charge in [0, 0.05) is 25.1 Å². The molecular weight excluding hydrogens is 203 g/mol. The van der Waals surface area contributed by atoms with Crippen LogP contribution in [0.5, 0.6) is 0 Å². The topological polar surface area (TPSA) is 12.0 Å². The number of hydrogen-bond acceptors (Lipinski definition) is 1. The van der Waals surface area contributed by atoms with Gasteiger partial charge in [0.2, 0.25) is 0 Å². The Morgan fingerprint density at radius 1 is 1.13 bits per heavy atom. The summed E-state index contributed by atoms with van der Waals surface area (Å²) >= 11 is 0. The average molecular weight is 213 g/mol. The smallest absolute Gasteiger partial charge is 0.161 e. The highest BCUT2D eigenvalue weighted by atomic mass is 19.2. The molecule has 0 bridgehead atoms. The monoisotopic (exact) mass is 213 g/mol. The quantitative estimate of drug-likeness (QED) is 0.462. The third-order valence-corrected chi connectivity index (χ3v) is 1.75. The van der Waals surface area contributed by atoms with E-state index in [9.17, 15) is 13.2 Å². The highest BCUT2D eigenvalue weighted by molar-refractivity contribution is 5.45. The van der Waals surface area contributed by atoms with Gasteiger partial charge in [0.05, 0.1) is 5.69 Å². The molecule has 0 atom stereocenters. The summed E-state index contributed by atoms with van der Waals surface area (Å²) in [7, 11) is 0. The average Bonchev–Trinajstić information content (AvgIpc) is 2.20. The molecule has 0 aromatic heterocycles. The molecule has 1 N–H and O–H groups in total. The molecule has 15 heavy (non-hydrogen) atoms. The highest BCUT2D eigenvalue weighted by Crippen LogP contribution is 2.18. The second-order valence-electron chi connectivity index (χ2n) is 2.85. The first kappa shape index (κ1) is 11.4. The molecule has 0 saturated heterocycles. The summed E-state index contributed by atoms with van der Waals surface area (Å²) in [5.74, 6) is 2.37. The molecule has 0 radical (unpaired) electrons. The van der Waals surface area contributed by atoms with Gasteiger partial charge < -0.3 is 5.32 Å². The van der Waals surface area contributed by atoms with E-state index in [1.807, 2.05) is 0 Å². The summed E-state index contributed by atoms with van der Waals surface area (Å²) in [6.07, 6.45) is 0.523. The van der Waals surface area contributed by atoms with E-state index in [1.165, 1.54) is 0 Å². The normalized spacial score (nSPS) is 9.33. The Kier molecular flexibility index (Phi) is 4.04. The van der Waals surface area contributed by atoms with Gasteiger partial charge in [-0.2, -0.15) is 0 Å². The molecule has 0 fully saturated rings. The van der Waals surface area contributed by atoms with Crippen molar-refractivity contribution in [3.8, 4) is 11.8 Å². The number of halogens is 3. The summed E-state index contributed by atoms with van der Waals surface area (Å²) in [6.45, 7) is 2.08. The first-order valence-corrected chi connectivity index (χ1v) is 4.43. The molecule has 1 nitrogen and oxygen atoms in total. The number of rotatable bonds is 3. The molecule has 0 aliphatic carbocycles. The van der Waals surface area contributed by atoms with Gasteiger partial charge in [-0.1, -0.05) is 0 Å². The van der Waals surface area contributed by atoms with Gasteiger partial charge in [-0.3, -0.25) is 0 Å². The maximum atomic E-state index is 13.0. The van der Waals surface area contributed by atoms with Crippen molar-refractivity contribution in [2.24, 2.45) is 0 Å². The second-order valence-corrected chi connectivity index (χ2v) is 2.85. The predicted molar refractivity (Wildman–Crippen MR) is 52.9 cm³/mol.